The number of hydrogen-bond donors (Lipinski definition) is 1. The molecule has 116 valence electrons. The zero-order valence-electron chi connectivity index (χ0n) is 12.4. The number of ether oxygens (including phenoxy) is 1. The Morgan fingerprint density at radius 3 is 2.62 bits per heavy atom. The Balaban J connectivity index is 2.12. The number of carbonyl (C=O) groups excluding carboxylic acids is 1. The lowest BCUT2D eigenvalue weighted by molar-refractivity contribution is -0.153. The van der Waals surface area contributed by atoms with Gasteiger partial charge >= 0.3 is 5.97 Å². The van der Waals surface area contributed by atoms with Crippen molar-refractivity contribution < 1.29 is 14.6 Å². The molecule has 0 amide bonds. The highest BCUT2D eigenvalue weighted by Crippen LogP contribution is 2.30. The van der Waals surface area contributed by atoms with Gasteiger partial charge in [0.1, 0.15) is 0 Å². The van der Waals surface area contributed by atoms with Crippen molar-refractivity contribution in [2.24, 2.45) is 0 Å². The van der Waals surface area contributed by atoms with Crippen LogP contribution in [0.1, 0.15) is 18.6 Å². The molecule has 1 aromatic carbocycles. The molecule has 1 aliphatic rings. The van der Waals surface area contributed by atoms with E-state index in [1.807, 2.05) is 6.07 Å². The molecule has 1 fully saturated rings. The van der Waals surface area contributed by atoms with Gasteiger partial charge in [-0.05, 0) is 31.7 Å². The Morgan fingerprint density at radius 2 is 2.05 bits per heavy atom. The van der Waals surface area contributed by atoms with Crippen LogP contribution in [-0.4, -0.2) is 55.8 Å². The number of likely N-dealkylation sites (N-methyl/N-ethyl adjacent to an activating group) is 1. The van der Waals surface area contributed by atoms with Crippen LogP contribution < -0.4 is 4.90 Å². The number of aliphatic hydroxyl groups is 1. The van der Waals surface area contributed by atoms with Gasteiger partial charge < -0.3 is 19.6 Å². The number of piperazine rings is 1. The number of anilines is 1. The number of benzene rings is 1. The zero-order chi connectivity index (χ0) is 15.4. The molecule has 1 saturated heterocycles. The second kappa shape index (κ2) is 7.11. The third-order valence-corrected chi connectivity index (χ3v) is 3.94. The van der Waals surface area contributed by atoms with Crippen LogP contribution in [0.3, 0.4) is 0 Å². The van der Waals surface area contributed by atoms with E-state index < -0.39 is 12.1 Å². The molecular formula is C15H21ClN2O3. The van der Waals surface area contributed by atoms with Crippen LogP contribution >= 0.6 is 11.6 Å². The maximum absolute atomic E-state index is 11.5. The molecule has 21 heavy (non-hydrogen) atoms. The minimum Gasteiger partial charge on any atom is -0.464 e. The Kier molecular flexibility index (Phi) is 5.45. The lowest BCUT2D eigenvalue weighted by Gasteiger charge is -2.34. The highest BCUT2D eigenvalue weighted by molar-refractivity contribution is 6.33. The predicted octanol–water partition coefficient (Wildman–Crippen LogP) is 1.69. The lowest BCUT2D eigenvalue weighted by Crippen LogP contribution is -2.44. The first kappa shape index (κ1) is 16.1. The number of hydrogen-bond acceptors (Lipinski definition) is 5. The number of esters is 1. The van der Waals surface area contributed by atoms with Gasteiger partial charge in [0.25, 0.3) is 0 Å². The molecule has 0 aromatic heterocycles. The van der Waals surface area contributed by atoms with Crippen molar-refractivity contribution in [3.05, 3.63) is 28.8 Å². The number of carbonyl (C=O) groups is 1. The standard InChI is InChI=1S/C15H21ClN2O3/c1-3-21-15(20)14(19)11-4-5-13(12(16)10-11)18-8-6-17(2)7-9-18/h4-5,10,14,19H,3,6-9H2,1-2H3. The summed E-state index contributed by atoms with van der Waals surface area (Å²) in [5, 5.41) is 10.5. The van der Waals surface area contributed by atoms with Crippen LogP contribution in [0.15, 0.2) is 18.2 Å². The topological polar surface area (TPSA) is 53.0 Å². The third kappa shape index (κ3) is 3.87. The van der Waals surface area contributed by atoms with Crippen molar-refractivity contribution in [2.45, 2.75) is 13.0 Å². The van der Waals surface area contributed by atoms with Gasteiger partial charge in [-0.2, -0.15) is 0 Å². The van der Waals surface area contributed by atoms with E-state index >= 15 is 0 Å². The number of rotatable bonds is 4. The molecule has 0 aliphatic carbocycles. The fourth-order valence-corrected chi connectivity index (χ4v) is 2.66. The van der Waals surface area contributed by atoms with E-state index in [2.05, 4.69) is 16.8 Å². The van der Waals surface area contributed by atoms with Crippen molar-refractivity contribution >= 4 is 23.3 Å². The van der Waals surface area contributed by atoms with Gasteiger partial charge in [-0.1, -0.05) is 17.7 Å². The maximum atomic E-state index is 11.5. The van der Waals surface area contributed by atoms with Gasteiger partial charge in [-0.25, -0.2) is 4.79 Å². The first-order chi connectivity index (χ1) is 10.0. The Bertz CT molecular complexity index is 502. The van der Waals surface area contributed by atoms with Crippen molar-refractivity contribution in [3.63, 3.8) is 0 Å². The summed E-state index contributed by atoms with van der Waals surface area (Å²) in [4.78, 5) is 16.0. The predicted molar refractivity (Wildman–Crippen MR) is 82.8 cm³/mol. The molecule has 1 N–H and O–H groups in total. The summed E-state index contributed by atoms with van der Waals surface area (Å²) < 4.78 is 4.81. The summed E-state index contributed by atoms with van der Waals surface area (Å²) >= 11 is 6.31. The van der Waals surface area contributed by atoms with Crippen LogP contribution in [0.5, 0.6) is 0 Å². The van der Waals surface area contributed by atoms with Crippen molar-refractivity contribution in [3.8, 4) is 0 Å². The Hall–Kier alpha value is -1.30. The van der Waals surface area contributed by atoms with Gasteiger partial charge in [-0.3, -0.25) is 0 Å². The molecule has 6 heteroatoms. The second-order valence-electron chi connectivity index (χ2n) is 5.16. The minimum absolute atomic E-state index is 0.239. The molecule has 0 bridgehead atoms. The number of aliphatic hydroxyl groups excluding tert-OH is 1. The van der Waals surface area contributed by atoms with Crippen LogP contribution in [0.2, 0.25) is 5.02 Å². The summed E-state index contributed by atoms with van der Waals surface area (Å²) in [6.45, 7) is 5.75. The van der Waals surface area contributed by atoms with Crippen molar-refractivity contribution in [1.29, 1.82) is 0 Å². The normalized spacial score (nSPS) is 17.6. The smallest absolute Gasteiger partial charge is 0.339 e. The highest BCUT2D eigenvalue weighted by atomic mass is 35.5. The highest BCUT2D eigenvalue weighted by Gasteiger charge is 2.21. The Labute approximate surface area is 130 Å². The molecule has 1 aromatic rings. The van der Waals surface area contributed by atoms with Gasteiger partial charge in [0.05, 0.1) is 17.3 Å². The fourth-order valence-electron chi connectivity index (χ4n) is 2.35. The molecule has 0 radical (unpaired) electrons. The van der Waals surface area contributed by atoms with E-state index in [1.165, 1.54) is 0 Å². The first-order valence-corrected chi connectivity index (χ1v) is 7.48. The van der Waals surface area contributed by atoms with Crippen LogP contribution in [0.4, 0.5) is 5.69 Å². The molecule has 1 unspecified atom stereocenters. The summed E-state index contributed by atoms with van der Waals surface area (Å²) in [5.74, 6) is -0.652. The average molecular weight is 313 g/mol. The number of nitrogens with zero attached hydrogens (tertiary/aromatic N) is 2. The molecule has 1 heterocycles. The van der Waals surface area contributed by atoms with Gasteiger partial charge in [0.2, 0.25) is 0 Å². The minimum atomic E-state index is -1.29. The van der Waals surface area contributed by atoms with E-state index in [4.69, 9.17) is 16.3 Å². The molecule has 2 rings (SSSR count). The second-order valence-corrected chi connectivity index (χ2v) is 5.56. The lowest BCUT2D eigenvalue weighted by atomic mass is 10.1. The Morgan fingerprint density at radius 1 is 1.38 bits per heavy atom. The largest absolute Gasteiger partial charge is 0.464 e. The van der Waals surface area contributed by atoms with E-state index in [0.29, 0.717) is 10.6 Å². The molecule has 0 saturated carbocycles. The van der Waals surface area contributed by atoms with E-state index in [-0.39, 0.29) is 6.61 Å². The quantitative estimate of drug-likeness (QED) is 0.858. The maximum Gasteiger partial charge on any atom is 0.339 e. The van der Waals surface area contributed by atoms with Crippen LogP contribution in [0, 0.1) is 0 Å². The molecule has 1 aliphatic heterocycles. The van der Waals surface area contributed by atoms with Gasteiger partial charge in [0, 0.05) is 26.2 Å². The van der Waals surface area contributed by atoms with Crippen LogP contribution in [0.25, 0.3) is 0 Å². The molecule has 0 spiro atoms. The van der Waals surface area contributed by atoms with E-state index in [9.17, 15) is 9.90 Å². The van der Waals surface area contributed by atoms with Crippen molar-refractivity contribution in [1.82, 2.24) is 4.90 Å². The zero-order valence-corrected chi connectivity index (χ0v) is 13.1. The summed E-state index contributed by atoms with van der Waals surface area (Å²) in [5.41, 5.74) is 1.39. The fraction of sp³-hybridized carbons (Fsp3) is 0.533. The number of halogens is 1. The first-order valence-electron chi connectivity index (χ1n) is 7.10. The summed E-state index contributed by atoms with van der Waals surface area (Å²) in [7, 11) is 2.09. The average Bonchev–Trinajstić information content (AvgIpc) is 2.48. The molecule has 1 atom stereocenters. The SMILES string of the molecule is CCOC(=O)C(O)c1ccc(N2CCN(C)CC2)c(Cl)c1. The van der Waals surface area contributed by atoms with E-state index in [1.54, 1.807) is 19.1 Å². The van der Waals surface area contributed by atoms with Gasteiger partial charge in [0.15, 0.2) is 6.10 Å². The van der Waals surface area contributed by atoms with E-state index in [0.717, 1.165) is 31.9 Å². The van der Waals surface area contributed by atoms with Crippen LogP contribution in [-0.2, 0) is 9.53 Å². The third-order valence-electron chi connectivity index (χ3n) is 3.64. The van der Waals surface area contributed by atoms with Gasteiger partial charge in [-0.15, -0.1) is 0 Å². The summed E-state index contributed by atoms with van der Waals surface area (Å²) in [6, 6.07) is 5.21. The molecular weight excluding hydrogens is 292 g/mol. The summed E-state index contributed by atoms with van der Waals surface area (Å²) in [6.07, 6.45) is -1.29. The molecule has 5 nitrogen and oxygen atoms in total. The van der Waals surface area contributed by atoms with Crippen molar-refractivity contribution in [2.75, 3.05) is 44.7 Å². The monoisotopic (exact) mass is 312 g/mol.